The summed E-state index contributed by atoms with van der Waals surface area (Å²) in [6.07, 6.45) is 0. The van der Waals surface area contributed by atoms with Crippen molar-refractivity contribution in [1.82, 2.24) is 0 Å². The van der Waals surface area contributed by atoms with E-state index in [9.17, 15) is 0 Å². The molecule has 0 aliphatic rings. The molecule has 0 fully saturated rings. The molecule has 1 heteroatoms. The van der Waals surface area contributed by atoms with E-state index < -0.39 is 0 Å². The van der Waals surface area contributed by atoms with Crippen molar-refractivity contribution in [3.63, 3.8) is 0 Å². The molecule has 106 valence electrons. The van der Waals surface area contributed by atoms with E-state index in [2.05, 4.69) is 78.9 Å². The number of fused-ring (bicyclic) bond motifs is 2. The Morgan fingerprint density at radius 1 is 0.591 bits per heavy atom. The highest BCUT2D eigenvalue weighted by atomic mass is 16.5. The van der Waals surface area contributed by atoms with Gasteiger partial charge in [0.2, 0.25) is 0 Å². The summed E-state index contributed by atoms with van der Waals surface area (Å²) in [4.78, 5) is 0. The Bertz CT molecular complexity index is 964. The summed E-state index contributed by atoms with van der Waals surface area (Å²) < 4.78 is 5.50. The van der Waals surface area contributed by atoms with Gasteiger partial charge < -0.3 is 4.74 Å². The van der Waals surface area contributed by atoms with Crippen LogP contribution in [0.15, 0.2) is 78.9 Å². The molecule has 0 N–H and O–H groups in total. The van der Waals surface area contributed by atoms with Crippen LogP contribution in [0, 0.1) is 0 Å². The maximum absolute atomic E-state index is 5.50. The highest BCUT2D eigenvalue weighted by Gasteiger charge is 2.09. The molecule has 0 aromatic heterocycles. The van der Waals surface area contributed by atoms with E-state index in [0.717, 1.165) is 5.75 Å². The van der Waals surface area contributed by atoms with Crippen LogP contribution in [0.2, 0.25) is 0 Å². The highest BCUT2D eigenvalue weighted by Crippen LogP contribution is 2.36. The Morgan fingerprint density at radius 3 is 2.00 bits per heavy atom. The van der Waals surface area contributed by atoms with Gasteiger partial charge in [-0.05, 0) is 44.8 Å². The van der Waals surface area contributed by atoms with Gasteiger partial charge in [0.1, 0.15) is 5.75 Å². The molecule has 0 bridgehead atoms. The van der Waals surface area contributed by atoms with Crippen molar-refractivity contribution in [3.8, 4) is 16.9 Å². The molecule has 1 nitrogen and oxygen atoms in total. The molecule has 0 radical (unpaired) electrons. The Morgan fingerprint density at radius 2 is 1.23 bits per heavy atom. The van der Waals surface area contributed by atoms with E-state index >= 15 is 0 Å². The molecule has 0 saturated carbocycles. The average Bonchev–Trinajstić information content (AvgIpc) is 2.60. The minimum Gasteiger partial charge on any atom is -0.497 e. The summed E-state index contributed by atoms with van der Waals surface area (Å²) in [7, 11) is 1.72. The molecule has 4 rings (SSSR count). The van der Waals surface area contributed by atoms with Crippen molar-refractivity contribution in [2.75, 3.05) is 7.11 Å². The Balaban J connectivity index is 2.12. The molecule has 0 saturated heterocycles. The third-order valence-electron chi connectivity index (χ3n) is 4.15. The van der Waals surface area contributed by atoms with Crippen molar-refractivity contribution in [2.24, 2.45) is 0 Å². The molecule has 4 aromatic carbocycles. The number of rotatable bonds is 2. The minimum atomic E-state index is 0.890. The molecule has 4 aromatic rings. The van der Waals surface area contributed by atoms with E-state index in [4.69, 9.17) is 4.74 Å². The van der Waals surface area contributed by atoms with Gasteiger partial charge in [0.25, 0.3) is 0 Å². The lowest BCUT2D eigenvalue weighted by Crippen LogP contribution is -1.88. The SMILES string of the molecule is COc1cc(-c2cccc3ccccc23)c2ccccc2c1. The maximum Gasteiger partial charge on any atom is 0.120 e. The van der Waals surface area contributed by atoms with Gasteiger partial charge in [-0.1, -0.05) is 66.7 Å². The van der Waals surface area contributed by atoms with Crippen molar-refractivity contribution >= 4 is 21.5 Å². The predicted octanol–water partition coefficient (Wildman–Crippen LogP) is 5.67. The fourth-order valence-corrected chi connectivity index (χ4v) is 3.08. The molecular weight excluding hydrogens is 268 g/mol. The average molecular weight is 284 g/mol. The fourth-order valence-electron chi connectivity index (χ4n) is 3.08. The first-order valence-corrected chi connectivity index (χ1v) is 7.42. The van der Waals surface area contributed by atoms with Crippen molar-refractivity contribution in [3.05, 3.63) is 78.9 Å². The molecule has 0 aliphatic carbocycles. The van der Waals surface area contributed by atoms with Gasteiger partial charge in [0, 0.05) is 0 Å². The van der Waals surface area contributed by atoms with Crippen LogP contribution in [-0.4, -0.2) is 7.11 Å². The second-order valence-electron chi connectivity index (χ2n) is 5.42. The Hall–Kier alpha value is -2.80. The lowest BCUT2D eigenvalue weighted by atomic mass is 9.94. The van der Waals surface area contributed by atoms with E-state index in [-0.39, 0.29) is 0 Å². The minimum absolute atomic E-state index is 0.890. The van der Waals surface area contributed by atoms with Crippen molar-refractivity contribution in [2.45, 2.75) is 0 Å². The fraction of sp³-hybridized carbons (Fsp3) is 0.0476. The zero-order valence-electron chi connectivity index (χ0n) is 12.4. The lowest BCUT2D eigenvalue weighted by molar-refractivity contribution is 0.415. The zero-order chi connectivity index (χ0) is 14.9. The normalized spacial score (nSPS) is 11.0. The molecule has 22 heavy (non-hydrogen) atoms. The number of benzene rings is 4. The first-order chi connectivity index (χ1) is 10.9. The van der Waals surface area contributed by atoms with Crippen LogP contribution in [0.5, 0.6) is 5.75 Å². The summed E-state index contributed by atoms with van der Waals surface area (Å²) in [5, 5.41) is 4.97. The summed E-state index contributed by atoms with van der Waals surface area (Å²) in [5.41, 5.74) is 2.46. The third-order valence-corrected chi connectivity index (χ3v) is 4.15. The molecule has 0 amide bonds. The van der Waals surface area contributed by atoms with Gasteiger partial charge in [-0.15, -0.1) is 0 Å². The molecular formula is C21H16O. The van der Waals surface area contributed by atoms with Crippen molar-refractivity contribution in [1.29, 1.82) is 0 Å². The van der Waals surface area contributed by atoms with Gasteiger partial charge in [-0.2, -0.15) is 0 Å². The van der Waals surface area contributed by atoms with Gasteiger partial charge in [0.05, 0.1) is 7.11 Å². The number of hydrogen-bond donors (Lipinski definition) is 0. The van der Waals surface area contributed by atoms with Gasteiger partial charge in [0.15, 0.2) is 0 Å². The van der Waals surface area contributed by atoms with E-state index in [1.807, 2.05) is 0 Å². The van der Waals surface area contributed by atoms with Crippen LogP contribution in [0.25, 0.3) is 32.7 Å². The third kappa shape index (κ3) is 2.03. The summed E-state index contributed by atoms with van der Waals surface area (Å²) in [6.45, 7) is 0. The van der Waals surface area contributed by atoms with Gasteiger partial charge in [-0.25, -0.2) is 0 Å². The summed E-state index contributed by atoms with van der Waals surface area (Å²) in [5.74, 6) is 0.890. The van der Waals surface area contributed by atoms with Crippen LogP contribution >= 0.6 is 0 Å². The quantitative estimate of drug-likeness (QED) is 0.461. The second kappa shape index (κ2) is 5.19. The molecule has 0 spiro atoms. The summed E-state index contributed by atoms with van der Waals surface area (Å²) in [6, 6.07) is 27.6. The smallest absolute Gasteiger partial charge is 0.120 e. The summed E-state index contributed by atoms with van der Waals surface area (Å²) >= 11 is 0. The zero-order valence-corrected chi connectivity index (χ0v) is 12.4. The Labute approximate surface area is 129 Å². The van der Waals surface area contributed by atoms with Crippen molar-refractivity contribution < 1.29 is 4.74 Å². The predicted molar refractivity (Wildman–Crippen MR) is 93.4 cm³/mol. The number of ether oxygens (including phenoxy) is 1. The monoisotopic (exact) mass is 284 g/mol. The highest BCUT2D eigenvalue weighted by molar-refractivity contribution is 6.06. The molecule has 0 unspecified atom stereocenters. The topological polar surface area (TPSA) is 9.23 Å². The van der Waals surface area contributed by atoms with Gasteiger partial charge >= 0.3 is 0 Å². The van der Waals surface area contributed by atoms with Crippen LogP contribution in [0.3, 0.4) is 0 Å². The molecule has 0 atom stereocenters. The number of hydrogen-bond acceptors (Lipinski definition) is 1. The molecule has 0 aliphatic heterocycles. The Kier molecular flexibility index (Phi) is 3.05. The molecule has 0 heterocycles. The number of methoxy groups -OCH3 is 1. The van der Waals surface area contributed by atoms with Crippen LogP contribution in [0.1, 0.15) is 0 Å². The van der Waals surface area contributed by atoms with E-state index in [0.29, 0.717) is 0 Å². The lowest BCUT2D eigenvalue weighted by Gasteiger charge is -2.12. The first kappa shape index (κ1) is 12.9. The van der Waals surface area contributed by atoms with E-state index in [1.54, 1.807) is 7.11 Å². The van der Waals surface area contributed by atoms with Gasteiger partial charge in [-0.3, -0.25) is 0 Å². The first-order valence-electron chi connectivity index (χ1n) is 7.42. The van der Waals surface area contributed by atoms with E-state index in [1.165, 1.54) is 32.7 Å². The largest absolute Gasteiger partial charge is 0.497 e. The standard InChI is InChI=1S/C21H16O/c1-22-17-13-16-8-3-5-11-19(16)21(14-17)20-12-6-9-15-7-2-4-10-18(15)20/h2-14H,1H3. The van der Waals surface area contributed by atoms with Crippen LogP contribution in [0.4, 0.5) is 0 Å². The second-order valence-corrected chi connectivity index (χ2v) is 5.42. The van der Waals surface area contributed by atoms with Crippen LogP contribution < -0.4 is 4.74 Å². The maximum atomic E-state index is 5.50. The van der Waals surface area contributed by atoms with Crippen LogP contribution in [-0.2, 0) is 0 Å².